The number of hydrogen-bond acceptors (Lipinski definition) is 3. The number of carbonyl (C=O) groups excluding carboxylic acids is 2. The van der Waals surface area contributed by atoms with Crippen LogP contribution in [0.3, 0.4) is 0 Å². The third-order valence-corrected chi connectivity index (χ3v) is 5.04. The van der Waals surface area contributed by atoms with Crippen molar-refractivity contribution in [2.75, 3.05) is 13.2 Å². The molecule has 30 heavy (non-hydrogen) atoms. The zero-order chi connectivity index (χ0) is 22.1. The Hall–Kier alpha value is -2.89. The van der Waals surface area contributed by atoms with Gasteiger partial charge in [0.2, 0.25) is 5.91 Å². The van der Waals surface area contributed by atoms with Crippen molar-refractivity contribution in [3.63, 3.8) is 0 Å². The van der Waals surface area contributed by atoms with E-state index in [0.29, 0.717) is 18.7 Å². The van der Waals surface area contributed by atoms with Crippen LogP contribution in [0.25, 0.3) is 0 Å². The molecule has 0 aliphatic heterocycles. The maximum atomic E-state index is 13.3. The van der Waals surface area contributed by atoms with Crippen molar-refractivity contribution in [2.45, 2.75) is 53.1 Å². The highest BCUT2D eigenvalue weighted by atomic mass is 19.1. The summed E-state index contributed by atoms with van der Waals surface area (Å²) in [5.41, 5.74) is 2.97. The largest absolute Gasteiger partial charge is 0.484 e. The van der Waals surface area contributed by atoms with Crippen molar-refractivity contribution in [3.05, 3.63) is 65.0 Å². The summed E-state index contributed by atoms with van der Waals surface area (Å²) in [5, 5.41) is 2.87. The number of carbonyl (C=O) groups is 2. The Morgan fingerprint density at radius 3 is 2.37 bits per heavy atom. The highest BCUT2D eigenvalue weighted by Gasteiger charge is 2.28. The second-order valence-corrected chi connectivity index (χ2v) is 7.40. The van der Waals surface area contributed by atoms with Crippen LogP contribution in [0.5, 0.6) is 5.75 Å². The van der Waals surface area contributed by atoms with Gasteiger partial charge in [-0.05, 0) is 67.6 Å². The third-order valence-electron chi connectivity index (χ3n) is 5.04. The van der Waals surface area contributed by atoms with Gasteiger partial charge in [0.1, 0.15) is 17.6 Å². The summed E-state index contributed by atoms with van der Waals surface area (Å²) >= 11 is 0. The Kier molecular flexibility index (Phi) is 8.84. The number of nitrogens with zero attached hydrogens (tertiary/aromatic N) is 1. The lowest BCUT2D eigenvalue weighted by Gasteiger charge is -2.30. The van der Waals surface area contributed by atoms with Crippen molar-refractivity contribution in [1.82, 2.24) is 10.2 Å². The molecule has 5 nitrogen and oxygen atoms in total. The Labute approximate surface area is 178 Å². The normalized spacial score (nSPS) is 11.6. The van der Waals surface area contributed by atoms with Gasteiger partial charge in [0.25, 0.3) is 5.91 Å². The number of halogens is 1. The summed E-state index contributed by atoms with van der Waals surface area (Å²) in [6, 6.07) is 11.0. The number of ether oxygens (including phenoxy) is 1. The molecule has 1 atom stereocenters. The standard InChI is InChI=1S/C24H31FN2O3/c1-5-13-26-24(29)22(6-2)27(15-19-8-10-20(25)11-9-19)23(28)16-30-21-12-7-17(3)18(4)14-21/h7-12,14,22H,5-6,13,15-16H2,1-4H3,(H,26,29). The van der Waals surface area contributed by atoms with E-state index < -0.39 is 6.04 Å². The number of nitrogens with one attached hydrogen (secondary N) is 1. The number of rotatable bonds is 10. The fourth-order valence-corrected chi connectivity index (χ4v) is 3.10. The smallest absolute Gasteiger partial charge is 0.261 e. The predicted octanol–water partition coefficient (Wildman–Crippen LogP) is 4.15. The van der Waals surface area contributed by atoms with Crippen LogP contribution in [-0.4, -0.2) is 35.9 Å². The molecular formula is C24H31FN2O3. The van der Waals surface area contributed by atoms with E-state index in [1.165, 1.54) is 17.0 Å². The van der Waals surface area contributed by atoms with Crippen molar-refractivity contribution in [3.8, 4) is 5.75 Å². The minimum atomic E-state index is -0.627. The van der Waals surface area contributed by atoms with Gasteiger partial charge in [-0.15, -0.1) is 0 Å². The molecule has 0 spiro atoms. The van der Waals surface area contributed by atoms with Gasteiger partial charge >= 0.3 is 0 Å². The van der Waals surface area contributed by atoms with Crippen LogP contribution in [0.2, 0.25) is 0 Å². The summed E-state index contributed by atoms with van der Waals surface area (Å²) in [7, 11) is 0. The fraction of sp³-hybridized carbons (Fsp3) is 0.417. The molecule has 2 amide bonds. The minimum Gasteiger partial charge on any atom is -0.484 e. The first-order valence-corrected chi connectivity index (χ1v) is 10.4. The van der Waals surface area contributed by atoms with Crippen LogP contribution in [0.1, 0.15) is 43.4 Å². The predicted molar refractivity (Wildman–Crippen MR) is 116 cm³/mol. The molecule has 0 saturated carbocycles. The average Bonchev–Trinajstić information content (AvgIpc) is 2.74. The fourth-order valence-electron chi connectivity index (χ4n) is 3.10. The zero-order valence-corrected chi connectivity index (χ0v) is 18.2. The van der Waals surface area contributed by atoms with Crippen LogP contribution < -0.4 is 10.1 Å². The first-order valence-electron chi connectivity index (χ1n) is 10.4. The molecule has 0 radical (unpaired) electrons. The van der Waals surface area contributed by atoms with Crippen LogP contribution in [-0.2, 0) is 16.1 Å². The monoisotopic (exact) mass is 414 g/mol. The molecule has 0 heterocycles. The second-order valence-electron chi connectivity index (χ2n) is 7.40. The van der Waals surface area contributed by atoms with Crippen molar-refractivity contribution in [1.29, 1.82) is 0 Å². The van der Waals surface area contributed by atoms with Crippen molar-refractivity contribution in [2.24, 2.45) is 0 Å². The Morgan fingerprint density at radius 2 is 1.77 bits per heavy atom. The summed E-state index contributed by atoms with van der Waals surface area (Å²) in [5.74, 6) is -0.226. The highest BCUT2D eigenvalue weighted by molar-refractivity contribution is 5.88. The van der Waals surface area contributed by atoms with E-state index in [2.05, 4.69) is 5.32 Å². The van der Waals surface area contributed by atoms with E-state index in [1.54, 1.807) is 12.1 Å². The maximum absolute atomic E-state index is 13.3. The molecule has 2 rings (SSSR count). The Balaban J connectivity index is 2.18. The van der Waals surface area contributed by atoms with Gasteiger partial charge in [0.15, 0.2) is 6.61 Å². The molecule has 1 N–H and O–H groups in total. The molecule has 1 unspecified atom stereocenters. The molecule has 6 heteroatoms. The SMILES string of the molecule is CCCNC(=O)C(CC)N(Cc1ccc(F)cc1)C(=O)COc1ccc(C)c(C)c1. The van der Waals surface area contributed by atoms with E-state index in [1.807, 2.05) is 45.9 Å². The van der Waals surface area contributed by atoms with E-state index in [9.17, 15) is 14.0 Å². The van der Waals surface area contributed by atoms with Crippen molar-refractivity contribution >= 4 is 11.8 Å². The quantitative estimate of drug-likeness (QED) is 0.635. The highest BCUT2D eigenvalue weighted by Crippen LogP contribution is 2.18. The molecule has 0 saturated heterocycles. The zero-order valence-electron chi connectivity index (χ0n) is 18.2. The topological polar surface area (TPSA) is 58.6 Å². The average molecular weight is 415 g/mol. The molecule has 0 aliphatic carbocycles. The Morgan fingerprint density at radius 1 is 1.07 bits per heavy atom. The van der Waals surface area contributed by atoms with Gasteiger partial charge in [0.05, 0.1) is 0 Å². The van der Waals surface area contributed by atoms with Gasteiger partial charge in [-0.3, -0.25) is 9.59 Å². The summed E-state index contributed by atoms with van der Waals surface area (Å²) < 4.78 is 19.0. The number of benzene rings is 2. The van der Waals surface area contributed by atoms with Crippen LogP contribution in [0.15, 0.2) is 42.5 Å². The van der Waals surface area contributed by atoms with Gasteiger partial charge in [-0.2, -0.15) is 0 Å². The van der Waals surface area contributed by atoms with E-state index in [0.717, 1.165) is 23.1 Å². The van der Waals surface area contributed by atoms with Crippen LogP contribution >= 0.6 is 0 Å². The van der Waals surface area contributed by atoms with Crippen LogP contribution in [0, 0.1) is 19.7 Å². The second kappa shape index (κ2) is 11.3. The molecule has 2 aromatic carbocycles. The van der Waals surface area contributed by atoms with E-state index in [-0.39, 0.29) is 30.8 Å². The molecule has 0 bridgehead atoms. The van der Waals surface area contributed by atoms with Gasteiger partial charge in [-0.25, -0.2) is 4.39 Å². The summed E-state index contributed by atoms with van der Waals surface area (Å²) in [4.78, 5) is 27.3. The molecule has 0 aliphatic rings. The number of aryl methyl sites for hydroxylation is 2. The number of hydrogen-bond donors (Lipinski definition) is 1. The van der Waals surface area contributed by atoms with Crippen LogP contribution in [0.4, 0.5) is 4.39 Å². The summed E-state index contributed by atoms with van der Waals surface area (Å²) in [6.07, 6.45) is 1.27. The minimum absolute atomic E-state index is 0.179. The van der Waals surface area contributed by atoms with E-state index >= 15 is 0 Å². The first kappa shape index (κ1) is 23.4. The first-order chi connectivity index (χ1) is 14.3. The molecule has 0 aromatic heterocycles. The molecule has 162 valence electrons. The maximum Gasteiger partial charge on any atom is 0.261 e. The lowest BCUT2D eigenvalue weighted by atomic mass is 10.1. The third kappa shape index (κ3) is 6.58. The van der Waals surface area contributed by atoms with E-state index in [4.69, 9.17) is 4.74 Å². The lowest BCUT2D eigenvalue weighted by molar-refractivity contribution is -0.143. The lowest BCUT2D eigenvalue weighted by Crippen LogP contribution is -2.50. The van der Waals surface area contributed by atoms with Crippen molar-refractivity contribution < 1.29 is 18.7 Å². The molecule has 0 fully saturated rings. The summed E-state index contributed by atoms with van der Waals surface area (Å²) in [6.45, 7) is 8.40. The molecule has 2 aromatic rings. The van der Waals surface area contributed by atoms with Gasteiger partial charge < -0.3 is 15.0 Å². The number of amides is 2. The Bertz CT molecular complexity index is 852. The van der Waals surface area contributed by atoms with Gasteiger partial charge in [-0.1, -0.05) is 32.0 Å². The molecular weight excluding hydrogens is 383 g/mol. The van der Waals surface area contributed by atoms with Gasteiger partial charge in [0, 0.05) is 13.1 Å².